The molecule has 0 bridgehead atoms. The number of allylic oxidation sites excluding steroid dienone is 4. The van der Waals surface area contributed by atoms with Crippen LogP contribution in [0.3, 0.4) is 0 Å². The van der Waals surface area contributed by atoms with Crippen molar-refractivity contribution in [3.63, 3.8) is 0 Å². The Hall–Kier alpha value is 0.501. The van der Waals surface area contributed by atoms with Gasteiger partial charge in [0.05, 0.1) is 8.07 Å². The third-order valence-corrected chi connectivity index (χ3v) is 9.99. The zero-order valence-electron chi connectivity index (χ0n) is 16.9. The summed E-state index contributed by atoms with van der Waals surface area (Å²) in [6.07, 6.45) is 11.0. The standard InChI is InChI=1S/C21H31Si.3ClH.Ti/c1-7-9-13-22(6,20-12-10-11-19(20)8-2)21-17(4)14-16(3)15-18(21)5;;;;/h11,14-15H,7-10,13H2,1-6H3;3*1H;/q-1;;;;+4/p-3. The van der Waals surface area contributed by atoms with Crippen molar-refractivity contribution in [2.45, 2.75) is 72.9 Å². The van der Waals surface area contributed by atoms with Crippen LogP contribution in [0.4, 0.5) is 0 Å². The summed E-state index contributed by atoms with van der Waals surface area (Å²) in [6, 6.07) is 6.11. The van der Waals surface area contributed by atoms with Crippen LogP contribution in [0, 0.1) is 26.8 Å². The van der Waals surface area contributed by atoms with Crippen LogP contribution in [0.15, 0.2) is 29.0 Å². The normalized spacial score (nSPS) is 14.5. The molecular weight excluding hydrogens is 435 g/mol. The van der Waals surface area contributed by atoms with Crippen LogP contribution in [0.1, 0.15) is 56.2 Å². The average Bonchev–Trinajstić information content (AvgIpc) is 2.93. The third-order valence-electron chi connectivity index (χ3n) is 5.14. The largest absolute Gasteiger partial charge is 4.00 e. The fourth-order valence-electron chi connectivity index (χ4n) is 4.32. The fourth-order valence-corrected chi connectivity index (χ4v) is 9.49. The zero-order valence-corrected chi connectivity index (χ0v) is 21.7. The average molecular weight is 466 g/mol. The van der Waals surface area contributed by atoms with Gasteiger partial charge in [-0.3, -0.25) is 6.08 Å². The predicted octanol–water partition coefficient (Wildman–Crippen LogP) is -3.28. The fraction of sp³-hybridized carbons (Fsp3) is 0.524. The smallest absolute Gasteiger partial charge is 1.00 e. The first-order valence-electron chi connectivity index (χ1n) is 8.83. The second kappa shape index (κ2) is 13.6. The van der Waals surface area contributed by atoms with Crippen molar-refractivity contribution >= 4 is 13.3 Å². The quantitative estimate of drug-likeness (QED) is 0.305. The van der Waals surface area contributed by atoms with E-state index in [9.17, 15) is 0 Å². The SMILES string of the molecule is CCCC[Si](C)(C1=[C-]CC=C1CC)c1c(C)cc(C)cc1C.[Cl-].[Cl-].[Cl-].[Ti+4]. The number of benzene rings is 1. The van der Waals surface area contributed by atoms with Gasteiger partial charge in [-0.1, -0.05) is 79.7 Å². The summed E-state index contributed by atoms with van der Waals surface area (Å²) in [6.45, 7) is 14.0. The third kappa shape index (κ3) is 6.54. The van der Waals surface area contributed by atoms with E-state index in [0.29, 0.717) is 0 Å². The Morgan fingerprint density at radius 1 is 1.00 bits per heavy atom. The molecule has 1 aromatic rings. The summed E-state index contributed by atoms with van der Waals surface area (Å²) in [4.78, 5) is 0. The van der Waals surface area contributed by atoms with E-state index in [1.165, 1.54) is 35.6 Å². The Bertz CT molecular complexity index is 603. The maximum atomic E-state index is 3.76. The van der Waals surface area contributed by atoms with Gasteiger partial charge in [-0.25, -0.2) is 10.8 Å². The molecule has 0 nitrogen and oxygen atoms in total. The first-order valence-corrected chi connectivity index (χ1v) is 11.5. The Balaban J connectivity index is -0.00000132. The molecule has 2 rings (SSSR count). The van der Waals surface area contributed by atoms with Crippen LogP contribution < -0.4 is 42.4 Å². The van der Waals surface area contributed by atoms with Crippen LogP contribution in [-0.2, 0) is 21.7 Å². The van der Waals surface area contributed by atoms with E-state index in [0.717, 1.165) is 12.8 Å². The molecule has 144 valence electrons. The molecule has 0 aromatic heterocycles. The molecule has 0 spiro atoms. The van der Waals surface area contributed by atoms with Crippen molar-refractivity contribution in [3.05, 3.63) is 51.7 Å². The van der Waals surface area contributed by atoms with E-state index in [2.05, 4.69) is 65.5 Å². The summed E-state index contributed by atoms with van der Waals surface area (Å²) in [5, 5.41) is 3.29. The summed E-state index contributed by atoms with van der Waals surface area (Å²) >= 11 is 0. The van der Waals surface area contributed by atoms with E-state index >= 15 is 0 Å². The van der Waals surface area contributed by atoms with Gasteiger partial charge in [0.25, 0.3) is 0 Å². The molecule has 1 unspecified atom stereocenters. The first-order chi connectivity index (χ1) is 10.4. The summed E-state index contributed by atoms with van der Waals surface area (Å²) in [5.74, 6) is 0. The van der Waals surface area contributed by atoms with E-state index < -0.39 is 8.07 Å². The van der Waals surface area contributed by atoms with Gasteiger partial charge in [0.2, 0.25) is 0 Å². The Morgan fingerprint density at radius 3 is 2.00 bits per heavy atom. The number of aryl methyl sites for hydroxylation is 3. The van der Waals surface area contributed by atoms with Gasteiger partial charge >= 0.3 is 21.7 Å². The van der Waals surface area contributed by atoms with Crippen molar-refractivity contribution < 1.29 is 58.9 Å². The summed E-state index contributed by atoms with van der Waals surface area (Å²) < 4.78 is 0. The van der Waals surface area contributed by atoms with E-state index in [-0.39, 0.29) is 58.9 Å². The van der Waals surface area contributed by atoms with Gasteiger partial charge in [-0.05, 0) is 20.8 Å². The molecule has 0 radical (unpaired) electrons. The molecule has 0 saturated heterocycles. The number of hydrogen-bond acceptors (Lipinski definition) is 0. The van der Waals surface area contributed by atoms with Gasteiger partial charge < -0.3 is 37.2 Å². The maximum Gasteiger partial charge on any atom is 4.00 e. The monoisotopic (exact) mass is 464 g/mol. The second-order valence-corrected chi connectivity index (χ2v) is 11.2. The minimum atomic E-state index is -1.67. The topological polar surface area (TPSA) is 0 Å². The molecule has 0 saturated carbocycles. The van der Waals surface area contributed by atoms with Crippen LogP contribution >= 0.6 is 0 Å². The van der Waals surface area contributed by atoms with Crippen LogP contribution in [-0.4, -0.2) is 8.07 Å². The number of halogens is 3. The Morgan fingerprint density at radius 2 is 1.54 bits per heavy atom. The molecule has 1 aliphatic carbocycles. The molecule has 0 N–H and O–H groups in total. The Kier molecular flexibility index (Phi) is 16.4. The molecule has 26 heavy (non-hydrogen) atoms. The second-order valence-electron chi connectivity index (χ2n) is 7.05. The molecule has 1 aliphatic rings. The van der Waals surface area contributed by atoms with Crippen LogP contribution in [0.25, 0.3) is 0 Å². The molecule has 1 atom stereocenters. The van der Waals surface area contributed by atoms with Crippen molar-refractivity contribution in [1.82, 2.24) is 0 Å². The van der Waals surface area contributed by atoms with Crippen molar-refractivity contribution in [2.75, 3.05) is 0 Å². The number of hydrogen-bond donors (Lipinski definition) is 0. The number of rotatable bonds is 6. The molecule has 0 aliphatic heterocycles. The molecular formula is C21H31Cl3SiTi. The maximum absolute atomic E-state index is 3.76. The van der Waals surface area contributed by atoms with E-state index in [1.807, 2.05) is 0 Å². The molecule has 0 fully saturated rings. The Labute approximate surface area is 195 Å². The van der Waals surface area contributed by atoms with Gasteiger partial charge in [-0.15, -0.1) is 6.42 Å². The van der Waals surface area contributed by atoms with E-state index in [4.69, 9.17) is 0 Å². The molecule has 0 amide bonds. The number of unbranched alkanes of at least 4 members (excludes halogenated alkanes) is 1. The van der Waals surface area contributed by atoms with Gasteiger partial charge in [0.1, 0.15) is 0 Å². The van der Waals surface area contributed by atoms with Gasteiger partial charge in [0.15, 0.2) is 0 Å². The van der Waals surface area contributed by atoms with Crippen LogP contribution in [0.2, 0.25) is 12.6 Å². The molecule has 1 aromatic carbocycles. The minimum absolute atomic E-state index is 0. The van der Waals surface area contributed by atoms with Gasteiger partial charge in [0, 0.05) is 0 Å². The zero-order chi connectivity index (χ0) is 16.3. The van der Waals surface area contributed by atoms with Gasteiger partial charge in [-0.2, -0.15) is 6.08 Å². The van der Waals surface area contributed by atoms with Crippen LogP contribution in [0.5, 0.6) is 0 Å². The van der Waals surface area contributed by atoms with E-state index in [1.54, 1.807) is 16.0 Å². The van der Waals surface area contributed by atoms with Crippen molar-refractivity contribution in [3.8, 4) is 0 Å². The molecule has 5 heteroatoms. The molecule has 0 heterocycles. The van der Waals surface area contributed by atoms with Crippen molar-refractivity contribution in [2.24, 2.45) is 0 Å². The predicted molar refractivity (Wildman–Crippen MR) is 101 cm³/mol. The summed E-state index contributed by atoms with van der Waals surface area (Å²) in [5.41, 5.74) is 5.96. The van der Waals surface area contributed by atoms with Crippen molar-refractivity contribution in [1.29, 1.82) is 0 Å². The minimum Gasteiger partial charge on any atom is -1.00 e. The summed E-state index contributed by atoms with van der Waals surface area (Å²) in [7, 11) is -1.67. The first kappa shape index (κ1) is 31.2.